The highest BCUT2D eigenvalue weighted by Crippen LogP contribution is 2.31. The zero-order valence-electron chi connectivity index (χ0n) is 12.3. The molecule has 0 fully saturated rings. The molecular weight excluding hydrogens is 298 g/mol. The quantitative estimate of drug-likeness (QED) is 0.777. The molecule has 0 amide bonds. The van der Waals surface area contributed by atoms with Crippen LogP contribution in [0.25, 0.3) is 21.5 Å². The Morgan fingerprint density at radius 1 is 1.27 bits per heavy atom. The number of fused-ring (bicyclic) bond motifs is 1. The van der Waals surface area contributed by atoms with Crippen molar-refractivity contribution >= 4 is 28.2 Å². The van der Waals surface area contributed by atoms with E-state index in [0.717, 1.165) is 4.88 Å². The van der Waals surface area contributed by atoms with Crippen molar-refractivity contribution in [2.75, 3.05) is 6.61 Å². The van der Waals surface area contributed by atoms with Gasteiger partial charge in [-0.05, 0) is 50.2 Å². The van der Waals surface area contributed by atoms with Gasteiger partial charge in [0.25, 0.3) is 0 Å². The number of aromatic carboxylic acids is 1. The second-order valence-electron chi connectivity index (χ2n) is 4.88. The van der Waals surface area contributed by atoms with Gasteiger partial charge in [-0.15, -0.1) is 11.3 Å². The average Bonchev–Trinajstić information content (AvgIpc) is 2.93. The van der Waals surface area contributed by atoms with Gasteiger partial charge in [0, 0.05) is 10.3 Å². The minimum atomic E-state index is -0.962. The molecule has 0 saturated carbocycles. The molecule has 112 valence electrons. The summed E-state index contributed by atoms with van der Waals surface area (Å²) in [6, 6.07) is 11.0. The standard InChI is InChI=1S/C17H15NO3S/c1-3-21-11-5-6-14-12(8-11)13(17(19)20)9-15(18-14)16-7-4-10(2)22-16/h4-9H,3H2,1-2H3,(H,19,20). The molecule has 4 nitrogen and oxygen atoms in total. The predicted octanol–water partition coefficient (Wildman–Crippen LogP) is 4.37. The highest BCUT2D eigenvalue weighted by atomic mass is 32.1. The maximum absolute atomic E-state index is 11.6. The summed E-state index contributed by atoms with van der Waals surface area (Å²) in [6.07, 6.45) is 0. The van der Waals surface area contributed by atoms with Crippen LogP contribution in [0.15, 0.2) is 36.4 Å². The lowest BCUT2D eigenvalue weighted by atomic mass is 10.1. The second-order valence-corrected chi connectivity index (χ2v) is 6.17. The summed E-state index contributed by atoms with van der Waals surface area (Å²) in [7, 11) is 0. The molecule has 1 N–H and O–H groups in total. The number of carbonyl (C=O) groups is 1. The molecule has 0 bridgehead atoms. The smallest absolute Gasteiger partial charge is 0.336 e. The van der Waals surface area contributed by atoms with E-state index in [-0.39, 0.29) is 5.56 Å². The van der Waals surface area contributed by atoms with Crippen molar-refractivity contribution in [3.63, 3.8) is 0 Å². The van der Waals surface area contributed by atoms with Crippen molar-refractivity contribution < 1.29 is 14.6 Å². The lowest BCUT2D eigenvalue weighted by Gasteiger charge is -2.08. The van der Waals surface area contributed by atoms with Crippen molar-refractivity contribution in [3.8, 4) is 16.3 Å². The number of nitrogens with zero attached hydrogens (tertiary/aromatic N) is 1. The van der Waals surface area contributed by atoms with E-state index in [4.69, 9.17) is 4.74 Å². The Kier molecular flexibility index (Phi) is 3.81. The van der Waals surface area contributed by atoms with Gasteiger partial charge in [-0.25, -0.2) is 9.78 Å². The van der Waals surface area contributed by atoms with E-state index in [1.807, 2.05) is 32.0 Å². The number of carboxylic acids is 1. The van der Waals surface area contributed by atoms with Gasteiger partial charge >= 0.3 is 5.97 Å². The van der Waals surface area contributed by atoms with Crippen LogP contribution in [-0.4, -0.2) is 22.7 Å². The van der Waals surface area contributed by atoms with Gasteiger partial charge in [-0.3, -0.25) is 0 Å². The number of rotatable bonds is 4. The lowest BCUT2D eigenvalue weighted by Crippen LogP contribution is -2.00. The number of carboxylic acid groups (broad SMARTS) is 1. The Balaban J connectivity index is 2.22. The lowest BCUT2D eigenvalue weighted by molar-refractivity contribution is 0.0699. The molecule has 1 aromatic carbocycles. The molecule has 5 heteroatoms. The van der Waals surface area contributed by atoms with Crippen molar-refractivity contribution in [2.24, 2.45) is 0 Å². The number of benzene rings is 1. The van der Waals surface area contributed by atoms with Crippen molar-refractivity contribution in [1.82, 2.24) is 4.98 Å². The number of aryl methyl sites for hydroxylation is 1. The van der Waals surface area contributed by atoms with E-state index in [2.05, 4.69) is 4.98 Å². The first-order valence-corrected chi connectivity index (χ1v) is 7.78. The number of pyridine rings is 1. The number of hydrogen-bond donors (Lipinski definition) is 1. The molecule has 2 heterocycles. The normalized spacial score (nSPS) is 10.8. The molecule has 3 rings (SSSR count). The number of hydrogen-bond acceptors (Lipinski definition) is 4. The van der Waals surface area contributed by atoms with E-state index in [9.17, 15) is 9.90 Å². The van der Waals surface area contributed by atoms with Crippen LogP contribution in [0.2, 0.25) is 0 Å². The minimum Gasteiger partial charge on any atom is -0.494 e. The van der Waals surface area contributed by atoms with Crippen molar-refractivity contribution in [2.45, 2.75) is 13.8 Å². The SMILES string of the molecule is CCOc1ccc2nc(-c3ccc(C)s3)cc(C(=O)O)c2c1. The minimum absolute atomic E-state index is 0.243. The van der Waals surface area contributed by atoms with Crippen molar-refractivity contribution in [1.29, 1.82) is 0 Å². The van der Waals surface area contributed by atoms with Crippen LogP contribution in [0.3, 0.4) is 0 Å². The van der Waals surface area contributed by atoms with E-state index in [1.165, 1.54) is 4.88 Å². The van der Waals surface area contributed by atoms with Gasteiger partial charge < -0.3 is 9.84 Å². The third-order valence-electron chi connectivity index (χ3n) is 3.31. The molecule has 2 aromatic heterocycles. The number of ether oxygens (including phenoxy) is 1. The maximum atomic E-state index is 11.6. The molecule has 0 aliphatic rings. The molecule has 0 spiro atoms. The molecule has 0 aliphatic heterocycles. The zero-order valence-corrected chi connectivity index (χ0v) is 13.1. The van der Waals surface area contributed by atoms with Gasteiger partial charge in [0.05, 0.1) is 28.3 Å². The first kappa shape index (κ1) is 14.5. The molecular formula is C17H15NO3S. The summed E-state index contributed by atoms with van der Waals surface area (Å²) in [5, 5.41) is 10.1. The third kappa shape index (κ3) is 2.67. The van der Waals surface area contributed by atoms with E-state index < -0.39 is 5.97 Å². The van der Waals surface area contributed by atoms with Gasteiger partial charge in [-0.1, -0.05) is 0 Å². The Labute approximate surface area is 132 Å². The van der Waals surface area contributed by atoms with Crippen LogP contribution >= 0.6 is 11.3 Å². The van der Waals surface area contributed by atoms with Crippen LogP contribution in [0.1, 0.15) is 22.2 Å². The van der Waals surface area contributed by atoms with Crippen LogP contribution in [-0.2, 0) is 0 Å². The number of aromatic nitrogens is 1. The van der Waals surface area contributed by atoms with Crippen LogP contribution < -0.4 is 4.74 Å². The molecule has 0 atom stereocenters. The average molecular weight is 313 g/mol. The van der Waals surface area contributed by atoms with Gasteiger partial charge in [0.2, 0.25) is 0 Å². The summed E-state index contributed by atoms with van der Waals surface area (Å²) >= 11 is 1.60. The van der Waals surface area contributed by atoms with E-state index in [0.29, 0.717) is 29.0 Å². The predicted molar refractivity (Wildman–Crippen MR) is 87.9 cm³/mol. The van der Waals surface area contributed by atoms with Gasteiger partial charge in [0.1, 0.15) is 5.75 Å². The zero-order chi connectivity index (χ0) is 15.7. The highest BCUT2D eigenvalue weighted by Gasteiger charge is 2.14. The first-order valence-electron chi connectivity index (χ1n) is 6.96. The monoisotopic (exact) mass is 313 g/mol. The van der Waals surface area contributed by atoms with Gasteiger partial charge in [0.15, 0.2) is 0 Å². The molecule has 0 saturated heterocycles. The summed E-state index contributed by atoms with van der Waals surface area (Å²) in [5.41, 5.74) is 1.59. The van der Waals surface area contributed by atoms with E-state index in [1.54, 1.807) is 29.5 Å². The summed E-state index contributed by atoms with van der Waals surface area (Å²) in [5.74, 6) is -0.311. The van der Waals surface area contributed by atoms with Crippen molar-refractivity contribution in [3.05, 3.63) is 46.8 Å². The number of thiophene rings is 1. The second kappa shape index (κ2) is 5.77. The van der Waals surface area contributed by atoms with Crippen LogP contribution in [0.4, 0.5) is 0 Å². The van der Waals surface area contributed by atoms with Crippen LogP contribution in [0.5, 0.6) is 5.75 Å². The van der Waals surface area contributed by atoms with Gasteiger partial charge in [-0.2, -0.15) is 0 Å². The fourth-order valence-corrected chi connectivity index (χ4v) is 3.16. The topological polar surface area (TPSA) is 59.4 Å². The largest absolute Gasteiger partial charge is 0.494 e. The Bertz CT molecular complexity index is 854. The summed E-state index contributed by atoms with van der Waals surface area (Å²) in [6.45, 7) is 4.44. The first-order chi connectivity index (χ1) is 10.6. The summed E-state index contributed by atoms with van der Waals surface area (Å²) < 4.78 is 5.45. The maximum Gasteiger partial charge on any atom is 0.336 e. The van der Waals surface area contributed by atoms with E-state index >= 15 is 0 Å². The third-order valence-corrected chi connectivity index (χ3v) is 4.34. The fraction of sp³-hybridized carbons (Fsp3) is 0.176. The molecule has 0 unspecified atom stereocenters. The van der Waals surface area contributed by atoms with Crippen LogP contribution in [0, 0.1) is 6.92 Å². The molecule has 22 heavy (non-hydrogen) atoms. The molecule has 3 aromatic rings. The highest BCUT2D eigenvalue weighted by molar-refractivity contribution is 7.15. The molecule has 0 aliphatic carbocycles. The fourth-order valence-electron chi connectivity index (χ4n) is 2.34. The Hall–Kier alpha value is -2.40. The Morgan fingerprint density at radius 2 is 2.09 bits per heavy atom. The summed E-state index contributed by atoms with van der Waals surface area (Å²) in [4.78, 5) is 18.3. The Morgan fingerprint density at radius 3 is 2.73 bits per heavy atom. The molecule has 0 radical (unpaired) electrons.